The fourth-order valence-corrected chi connectivity index (χ4v) is 1.95. The Morgan fingerprint density at radius 2 is 2.10 bits per heavy atom. The summed E-state index contributed by atoms with van der Waals surface area (Å²) in [5.74, 6) is 0.114. The van der Waals surface area contributed by atoms with Crippen LogP contribution >= 0.6 is 0 Å². The maximum atomic E-state index is 11.5. The van der Waals surface area contributed by atoms with Crippen molar-refractivity contribution in [3.63, 3.8) is 0 Å². The van der Waals surface area contributed by atoms with Gasteiger partial charge in [-0.25, -0.2) is 9.78 Å². The lowest BCUT2D eigenvalue weighted by atomic mass is 10.1. The summed E-state index contributed by atoms with van der Waals surface area (Å²) in [6.07, 6.45) is 3.01. The highest BCUT2D eigenvalue weighted by Crippen LogP contribution is 2.18. The lowest BCUT2D eigenvalue weighted by Gasteiger charge is -2.22. The molecule has 6 nitrogen and oxygen atoms in total. The smallest absolute Gasteiger partial charge is 0.358 e. The molecular formula is C15H18N4O2. The lowest BCUT2D eigenvalue weighted by molar-refractivity contribution is 0.0593. The largest absolute Gasteiger partial charge is 0.464 e. The van der Waals surface area contributed by atoms with Crippen molar-refractivity contribution in [1.82, 2.24) is 9.97 Å². The number of ether oxygens (including phenoxy) is 1. The summed E-state index contributed by atoms with van der Waals surface area (Å²) in [4.78, 5) is 21.9. The molecule has 1 aromatic heterocycles. The van der Waals surface area contributed by atoms with Gasteiger partial charge >= 0.3 is 5.97 Å². The van der Waals surface area contributed by atoms with E-state index in [4.69, 9.17) is 5.73 Å². The fraction of sp³-hybridized carbons (Fsp3) is 0.267. The van der Waals surface area contributed by atoms with Crippen LogP contribution in [0.2, 0.25) is 0 Å². The van der Waals surface area contributed by atoms with Crippen molar-refractivity contribution in [3.05, 3.63) is 47.9 Å². The molecule has 0 atom stereocenters. The Morgan fingerprint density at radius 1 is 1.33 bits per heavy atom. The van der Waals surface area contributed by atoms with Gasteiger partial charge in [0.15, 0.2) is 5.69 Å². The van der Waals surface area contributed by atoms with Crippen LogP contribution in [-0.4, -0.2) is 29.6 Å². The number of carbonyl (C=O) groups excluding carboxylic acids is 1. The SMILES string of the molecule is CCN(Cc1ccccc1N)c1cncc(C(=O)OC)n1. The van der Waals surface area contributed by atoms with E-state index < -0.39 is 5.97 Å². The summed E-state index contributed by atoms with van der Waals surface area (Å²) in [6, 6.07) is 7.66. The number of benzene rings is 1. The third-order valence-electron chi connectivity index (χ3n) is 3.14. The molecule has 0 radical (unpaired) electrons. The van der Waals surface area contributed by atoms with Crippen LogP contribution in [-0.2, 0) is 11.3 Å². The van der Waals surface area contributed by atoms with E-state index in [9.17, 15) is 4.79 Å². The number of rotatable bonds is 5. The molecule has 2 rings (SSSR count). The number of nitrogen functional groups attached to an aromatic ring is 1. The van der Waals surface area contributed by atoms with Gasteiger partial charge in [-0.1, -0.05) is 18.2 Å². The monoisotopic (exact) mass is 286 g/mol. The van der Waals surface area contributed by atoms with Gasteiger partial charge < -0.3 is 15.4 Å². The van der Waals surface area contributed by atoms with E-state index in [-0.39, 0.29) is 5.69 Å². The normalized spacial score (nSPS) is 10.2. The van der Waals surface area contributed by atoms with Crippen LogP contribution in [0.1, 0.15) is 23.0 Å². The standard InChI is InChI=1S/C15H18N4O2/c1-3-19(10-11-6-4-5-7-12(11)16)14-9-17-8-13(18-14)15(20)21-2/h4-9H,3,10,16H2,1-2H3. The fourth-order valence-electron chi connectivity index (χ4n) is 1.95. The first-order valence-corrected chi connectivity index (χ1v) is 6.64. The number of aromatic nitrogens is 2. The molecule has 0 saturated heterocycles. The van der Waals surface area contributed by atoms with Crippen molar-refractivity contribution >= 4 is 17.5 Å². The molecule has 0 spiro atoms. The zero-order valence-electron chi connectivity index (χ0n) is 12.1. The first-order valence-electron chi connectivity index (χ1n) is 6.64. The average molecular weight is 286 g/mol. The average Bonchev–Trinajstić information content (AvgIpc) is 2.53. The van der Waals surface area contributed by atoms with Crippen LogP contribution < -0.4 is 10.6 Å². The van der Waals surface area contributed by atoms with Gasteiger partial charge in [0.05, 0.1) is 19.5 Å². The van der Waals surface area contributed by atoms with E-state index >= 15 is 0 Å². The Hall–Kier alpha value is -2.63. The number of anilines is 2. The zero-order valence-corrected chi connectivity index (χ0v) is 12.1. The number of hydrogen-bond donors (Lipinski definition) is 1. The van der Waals surface area contributed by atoms with E-state index in [0.29, 0.717) is 18.9 Å². The van der Waals surface area contributed by atoms with Crippen LogP contribution in [0.25, 0.3) is 0 Å². The van der Waals surface area contributed by atoms with Crippen molar-refractivity contribution < 1.29 is 9.53 Å². The van der Waals surface area contributed by atoms with Gasteiger partial charge in [-0.05, 0) is 18.6 Å². The van der Waals surface area contributed by atoms with E-state index in [0.717, 1.165) is 11.3 Å². The lowest BCUT2D eigenvalue weighted by Crippen LogP contribution is -2.24. The Balaban J connectivity index is 2.25. The summed E-state index contributed by atoms with van der Waals surface area (Å²) < 4.78 is 4.66. The Kier molecular flexibility index (Phi) is 4.71. The molecule has 0 aliphatic carbocycles. The third kappa shape index (κ3) is 3.47. The molecule has 1 aromatic carbocycles. The summed E-state index contributed by atoms with van der Waals surface area (Å²) in [5, 5.41) is 0. The third-order valence-corrected chi connectivity index (χ3v) is 3.14. The summed E-state index contributed by atoms with van der Waals surface area (Å²) in [7, 11) is 1.32. The second kappa shape index (κ2) is 6.69. The van der Waals surface area contributed by atoms with Crippen LogP contribution in [0.4, 0.5) is 11.5 Å². The van der Waals surface area contributed by atoms with Crippen molar-refractivity contribution in [2.45, 2.75) is 13.5 Å². The molecule has 0 bridgehead atoms. The summed E-state index contributed by atoms with van der Waals surface area (Å²) in [5.41, 5.74) is 7.89. The summed E-state index contributed by atoms with van der Waals surface area (Å²) in [6.45, 7) is 3.32. The first kappa shape index (κ1) is 14.8. The van der Waals surface area contributed by atoms with Crippen molar-refractivity contribution in [2.75, 3.05) is 24.3 Å². The van der Waals surface area contributed by atoms with Gasteiger partial charge in [-0.3, -0.25) is 4.98 Å². The molecule has 6 heteroatoms. The number of nitrogens with zero attached hydrogens (tertiary/aromatic N) is 3. The predicted molar refractivity (Wildman–Crippen MR) is 80.9 cm³/mol. The number of nitrogens with two attached hydrogens (primary N) is 1. The van der Waals surface area contributed by atoms with Crippen LogP contribution in [0, 0.1) is 0 Å². The predicted octanol–water partition coefficient (Wildman–Crippen LogP) is 1.87. The minimum atomic E-state index is -0.500. The van der Waals surface area contributed by atoms with Gasteiger partial charge in [0.1, 0.15) is 5.82 Å². The molecule has 1 heterocycles. The number of esters is 1. The molecule has 2 aromatic rings. The highest BCUT2D eigenvalue weighted by molar-refractivity contribution is 5.87. The highest BCUT2D eigenvalue weighted by atomic mass is 16.5. The molecule has 0 amide bonds. The Bertz CT molecular complexity index is 631. The molecule has 0 unspecified atom stereocenters. The van der Waals surface area contributed by atoms with E-state index in [2.05, 4.69) is 14.7 Å². The topological polar surface area (TPSA) is 81.3 Å². The van der Waals surface area contributed by atoms with Gasteiger partial charge in [0.2, 0.25) is 0 Å². The van der Waals surface area contributed by atoms with Crippen LogP contribution in [0.3, 0.4) is 0 Å². The summed E-state index contributed by atoms with van der Waals surface area (Å²) >= 11 is 0. The van der Waals surface area contributed by atoms with Crippen molar-refractivity contribution in [2.24, 2.45) is 0 Å². The molecule has 0 fully saturated rings. The van der Waals surface area contributed by atoms with E-state index in [1.54, 1.807) is 6.20 Å². The second-order valence-electron chi connectivity index (χ2n) is 4.47. The van der Waals surface area contributed by atoms with Gasteiger partial charge in [-0.15, -0.1) is 0 Å². The number of hydrogen-bond acceptors (Lipinski definition) is 6. The van der Waals surface area contributed by atoms with Crippen LogP contribution in [0.5, 0.6) is 0 Å². The Morgan fingerprint density at radius 3 is 2.76 bits per heavy atom. The van der Waals surface area contributed by atoms with Crippen molar-refractivity contribution in [1.29, 1.82) is 0 Å². The van der Waals surface area contributed by atoms with Crippen LogP contribution in [0.15, 0.2) is 36.7 Å². The highest BCUT2D eigenvalue weighted by Gasteiger charge is 2.13. The maximum absolute atomic E-state index is 11.5. The molecule has 110 valence electrons. The maximum Gasteiger partial charge on any atom is 0.358 e. The van der Waals surface area contributed by atoms with E-state index in [1.165, 1.54) is 13.3 Å². The number of methoxy groups -OCH3 is 1. The molecule has 0 saturated carbocycles. The van der Waals surface area contributed by atoms with Gasteiger partial charge in [0.25, 0.3) is 0 Å². The molecular weight excluding hydrogens is 268 g/mol. The van der Waals surface area contributed by atoms with Gasteiger partial charge in [-0.2, -0.15) is 0 Å². The number of para-hydroxylation sites is 1. The first-order chi connectivity index (χ1) is 10.2. The van der Waals surface area contributed by atoms with Gasteiger partial charge in [0, 0.05) is 18.8 Å². The van der Waals surface area contributed by atoms with Crippen molar-refractivity contribution in [3.8, 4) is 0 Å². The molecule has 21 heavy (non-hydrogen) atoms. The minimum Gasteiger partial charge on any atom is -0.464 e. The second-order valence-corrected chi connectivity index (χ2v) is 4.47. The molecule has 0 aliphatic heterocycles. The van der Waals surface area contributed by atoms with E-state index in [1.807, 2.05) is 36.1 Å². The zero-order chi connectivity index (χ0) is 15.2. The quantitative estimate of drug-likeness (QED) is 0.667. The molecule has 2 N–H and O–H groups in total. The Labute approximate surface area is 123 Å². The minimum absolute atomic E-state index is 0.189. The molecule has 0 aliphatic rings. The number of carbonyl (C=O) groups is 1.